The first-order valence-electron chi connectivity index (χ1n) is 22.1. The van der Waals surface area contributed by atoms with E-state index >= 15 is 0 Å². The Hall–Kier alpha value is -4.13. The highest BCUT2D eigenvalue weighted by Gasteiger charge is 2.24. The molecule has 322 valence electrons. The third-order valence-electron chi connectivity index (χ3n) is 12.6. The Morgan fingerprint density at radius 3 is 1.63 bits per heavy atom. The first-order valence-corrected chi connectivity index (χ1v) is 23.8. The second-order valence-electron chi connectivity index (χ2n) is 18.1. The molecule has 0 amide bonds. The molecule has 6 nitrogen and oxygen atoms in total. The van der Waals surface area contributed by atoms with Crippen molar-refractivity contribution < 1.29 is 42.1 Å². The Bertz CT molecular complexity index is 2600. The Morgan fingerprint density at radius 1 is 0.516 bits per heavy atom. The van der Waals surface area contributed by atoms with Crippen LogP contribution in [0.3, 0.4) is 0 Å². The number of halogens is 1. The van der Waals surface area contributed by atoms with E-state index in [1.807, 2.05) is 23.5 Å². The summed E-state index contributed by atoms with van der Waals surface area (Å²) in [5, 5.41) is 5.15. The van der Waals surface area contributed by atoms with Crippen LogP contribution in [-0.2, 0) is 13.1 Å². The first kappa shape index (κ1) is 45.9. The molecule has 0 fully saturated rings. The Labute approximate surface area is 396 Å². The fourth-order valence-electron chi connectivity index (χ4n) is 8.98. The summed E-state index contributed by atoms with van der Waals surface area (Å²) in [6, 6.07) is 39.6. The molecule has 0 aliphatic carbocycles. The molecule has 0 bridgehead atoms. The molecule has 0 saturated carbocycles. The SMILES string of the molecule is CN1/C(=C/C=C/c2cc[n+](CCCCC[N+](C)(C)CCC[N+](C)(C)CCC[n+]3ccc(/C=C4\Sc5ccccc5N4C)c4ccccc43)c3ccccc23)Sc2ccccc21.[I-]. The monoisotopic (exact) mass is 975 g/mol. The van der Waals surface area contributed by atoms with Gasteiger partial charge in [-0.05, 0) is 72.5 Å². The molecule has 0 N–H and O–H groups in total. The van der Waals surface area contributed by atoms with Crippen molar-refractivity contribution in [1.29, 1.82) is 0 Å². The molecule has 0 saturated heterocycles. The van der Waals surface area contributed by atoms with Crippen LogP contribution >= 0.6 is 23.5 Å². The van der Waals surface area contributed by atoms with Crippen LogP contribution < -0.4 is 42.9 Å². The summed E-state index contributed by atoms with van der Waals surface area (Å²) >= 11 is 3.69. The minimum Gasteiger partial charge on any atom is -1.00 e. The molecule has 0 unspecified atom stereocenters. The smallest absolute Gasteiger partial charge is 0.213 e. The molecule has 4 aromatic carbocycles. The van der Waals surface area contributed by atoms with Crippen LogP contribution in [0.25, 0.3) is 34.0 Å². The maximum atomic E-state index is 2.46. The molecule has 62 heavy (non-hydrogen) atoms. The van der Waals surface area contributed by atoms with Gasteiger partial charge in [-0.3, -0.25) is 0 Å². The van der Waals surface area contributed by atoms with E-state index in [0.717, 1.165) is 28.5 Å². The third kappa shape index (κ3) is 11.0. The Morgan fingerprint density at radius 2 is 1.00 bits per heavy atom. The number of para-hydroxylation sites is 4. The number of benzene rings is 4. The summed E-state index contributed by atoms with van der Waals surface area (Å²) in [6.07, 6.45) is 19.7. The standard InChI is InChI=1S/C53H64N6S2.HI/c1-54-48-26-12-14-28-50(48)60-52(54)30-18-21-42-31-35-56(46-24-10-8-22-44(42)46)33-16-7-17-37-58(3,4)39-20-40-59(5,6)38-19-34-57-36-32-43(45-23-9-11-25-47(45)57)41-53-55(2)49-27-13-15-29-51(49)61-53;/h8-15,18,21-32,35-36,41H,7,16-17,19-20,33-34,37-40H2,1-6H3;1H/q+4;/p-1. The molecule has 2 aliphatic rings. The number of pyridine rings is 2. The van der Waals surface area contributed by atoms with Crippen LogP contribution in [0.2, 0.25) is 0 Å². The van der Waals surface area contributed by atoms with Crippen LogP contribution in [0, 0.1) is 0 Å². The van der Waals surface area contributed by atoms with E-state index in [1.54, 1.807) is 0 Å². The lowest BCUT2D eigenvalue weighted by molar-refractivity contribution is -0.910. The fourth-order valence-corrected chi connectivity index (χ4v) is 11.1. The number of aromatic nitrogens is 2. The van der Waals surface area contributed by atoms with Crippen LogP contribution in [-0.4, -0.2) is 77.4 Å². The van der Waals surface area contributed by atoms with Gasteiger partial charge in [0.2, 0.25) is 11.0 Å². The second kappa shape index (κ2) is 20.6. The first-order chi connectivity index (χ1) is 29.6. The molecule has 0 atom stereocenters. The average Bonchev–Trinajstić information content (AvgIpc) is 3.75. The number of allylic oxidation sites excluding steroid dienone is 2. The van der Waals surface area contributed by atoms with Gasteiger partial charge in [-0.2, -0.15) is 9.13 Å². The molecule has 8 rings (SSSR count). The van der Waals surface area contributed by atoms with E-state index < -0.39 is 0 Å². The number of anilines is 2. The summed E-state index contributed by atoms with van der Waals surface area (Å²) < 4.78 is 7.07. The van der Waals surface area contributed by atoms with Gasteiger partial charge >= 0.3 is 0 Å². The van der Waals surface area contributed by atoms with Gasteiger partial charge in [-0.15, -0.1) is 0 Å². The van der Waals surface area contributed by atoms with Crippen molar-refractivity contribution in [3.63, 3.8) is 0 Å². The molecular weight excluding hydrogens is 912 g/mol. The number of quaternary nitrogens is 2. The molecule has 0 radical (unpaired) electrons. The van der Waals surface area contributed by atoms with Crippen LogP contribution in [0.15, 0.2) is 154 Å². The molecule has 9 heteroatoms. The Kier molecular flexibility index (Phi) is 15.2. The number of hydrogen-bond acceptors (Lipinski definition) is 4. The van der Waals surface area contributed by atoms with Gasteiger partial charge < -0.3 is 42.7 Å². The number of hydrogen-bond donors (Lipinski definition) is 0. The van der Waals surface area contributed by atoms with Gasteiger partial charge in [0.15, 0.2) is 18.9 Å². The van der Waals surface area contributed by atoms with Gasteiger partial charge in [0.25, 0.3) is 0 Å². The number of fused-ring (bicyclic) bond motifs is 4. The molecule has 4 heterocycles. The van der Waals surface area contributed by atoms with E-state index in [2.05, 4.69) is 207 Å². The largest absolute Gasteiger partial charge is 1.00 e. The zero-order valence-corrected chi connectivity index (χ0v) is 41.3. The second-order valence-corrected chi connectivity index (χ2v) is 20.2. The van der Waals surface area contributed by atoms with Crippen molar-refractivity contribution in [3.05, 3.63) is 155 Å². The minimum absolute atomic E-state index is 0. The van der Waals surface area contributed by atoms with Crippen molar-refractivity contribution in [2.45, 2.75) is 55.0 Å². The van der Waals surface area contributed by atoms with Crippen molar-refractivity contribution in [2.24, 2.45) is 0 Å². The van der Waals surface area contributed by atoms with E-state index in [0.29, 0.717) is 0 Å². The highest BCUT2D eigenvalue weighted by Crippen LogP contribution is 2.46. The maximum absolute atomic E-state index is 2.46. The normalized spacial score (nSPS) is 15.3. The minimum atomic E-state index is 0. The molecule has 2 aliphatic heterocycles. The molecule has 6 aromatic rings. The molecular formula is C53H64IN6S2+3. The van der Waals surface area contributed by atoms with Crippen molar-refractivity contribution >= 4 is 68.9 Å². The highest BCUT2D eigenvalue weighted by molar-refractivity contribution is 8.04. The lowest BCUT2D eigenvalue weighted by Crippen LogP contribution is -3.00. The maximum Gasteiger partial charge on any atom is 0.213 e. The summed E-state index contributed by atoms with van der Waals surface area (Å²) in [5.74, 6) is 0. The third-order valence-corrected chi connectivity index (χ3v) is 15.0. The number of unbranched alkanes of at least 4 members (excludes halogenated alkanes) is 2. The van der Waals surface area contributed by atoms with Gasteiger partial charge in [0.05, 0.1) is 93.0 Å². The van der Waals surface area contributed by atoms with Gasteiger partial charge in [0.1, 0.15) is 6.54 Å². The number of nitrogens with zero attached hydrogens (tertiary/aromatic N) is 6. The molecule has 0 spiro atoms. The Balaban J connectivity index is 0.00000578. The van der Waals surface area contributed by atoms with Crippen molar-refractivity contribution in [2.75, 3.05) is 78.3 Å². The van der Waals surface area contributed by atoms with Crippen molar-refractivity contribution in [1.82, 2.24) is 0 Å². The topological polar surface area (TPSA) is 14.2 Å². The van der Waals surface area contributed by atoms with Gasteiger partial charge in [0, 0.05) is 61.0 Å². The summed E-state index contributed by atoms with van der Waals surface area (Å²) in [5.41, 5.74) is 7.72. The lowest BCUT2D eigenvalue weighted by atomic mass is 10.1. The summed E-state index contributed by atoms with van der Waals surface area (Å²) in [4.78, 5) is 7.23. The predicted octanol–water partition coefficient (Wildman–Crippen LogP) is 8.01. The number of thioether (sulfide) groups is 2. The summed E-state index contributed by atoms with van der Waals surface area (Å²) in [6.45, 7) is 6.92. The van der Waals surface area contributed by atoms with Crippen LogP contribution in [0.4, 0.5) is 11.4 Å². The zero-order chi connectivity index (χ0) is 42.4. The fraction of sp³-hybridized carbons (Fsp3) is 0.321. The quantitative estimate of drug-likeness (QED) is 0.0398. The predicted molar refractivity (Wildman–Crippen MR) is 262 cm³/mol. The lowest BCUT2D eigenvalue weighted by Gasteiger charge is -2.33. The zero-order valence-electron chi connectivity index (χ0n) is 37.5. The van der Waals surface area contributed by atoms with Crippen LogP contribution in [0.1, 0.15) is 43.2 Å². The highest BCUT2D eigenvalue weighted by atomic mass is 127. The van der Waals surface area contributed by atoms with E-state index in [1.165, 1.54) is 116 Å². The molecule has 2 aromatic heterocycles. The average molecular weight is 976 g/mol. The number of aryl methyl sites for hydroxylation is 2. The summed E-state index contributed by atoms with van der Waals surface area (Å²) in [7, 11) is 14.0. The van der Waals surface area contributed by atoms with E-state index in [4.69, 9.17) is 0 Å². The van der Waals surface area contributed by atoms with Gasteiger partial charge in [-0.25, -0.2) is 0 Å². The van der Waals surface area contributed by atoms with E-state index in [-0.39, 0.29) is 24.0 Å². The van der Waals surface area contributed by atoms with Crippen LogP contribution in [0.5, 0.6) is 0 Å². The van der Waals surface area contributed by atoms with Gasteiger partial charge in [-0.1, -0.05) is 84.2 Å². The van der Waals surface area contributed by atoms with E-state index in [9.17, 15) is 0 Å². The van der Waals surface area contributed by atoms with Crippen molar-refractivity contribution in [3.8, 4) is 0 Å². The number of rotatable bonds is 17.